The minimum Gasteiger partial charge on any atom is -0.389 e. The predicted molar refractivity (Wildman–Crippen MR) is 91.1 cm³/mol. The lowest BCUT2D eigenvalue weighted by Gasteiger charge is -2.32. The zero-order valence-corrected chi connectivity index (χ0v) is 14.4. The standard InChI is InChI=1S/C18H29N3O2/c1-4-21(16-10-23-11-17(16)22)9-14-8-19-20-18(14)15-7-12(2)5-6-13(15)3/h5-7,14,16-20,22H,4,8-11H2,1-3H3/t14?,16-,17-,18?/m1/s1. The van der Waals surface area contributed by atoms with E-state index in [9.17, 15) is 5.11 Å². The van der Waals surface area contributed by atoms with Crippen LogP contribution in [0.15, 0.2) is 18.2 Å². The van der Waals surface area contributed by atoms with E-state index in [4.69, 9.17) is 4.74 Å². The molecule has 4 atom stereocenters. The average molecular weight is 319 g/mol. The second-order valence-electron chi connectivity index (χ2n) is 6.88. The number of likely N-dealkylation sites (N-methyl/N-ethyl adjacent to an activating group) is 1. The summed E-state index contributed by atoms with van der Waals surface area (Å²) in [4.78, 5) is 2.37. The highest BCUT2D eigenvalue weighted by molar-refractivity contribution is 5.34. The van der Waals surface area contributed by atoms with E-state index in [0.717, 1.165) is 19.6 Å². The Hall–Kier alpha value is -0.980. The lowest BCUT2D eigenvalue weighted by Crippen LogP contribution is -2.46. The molecule has 0 saturated carbocycles. The Balaban J connectivity index is 1.74. The number of aliphatic hydroxyl groups is 1. The van der Waals surface area contributed by atoms with Crippen LogP contribution >= 0.6 is 0 Å². The molecule has 1 aromatic rings. The number of hydrogen-bond acceptors (Lipinski definition) is 5. The van der Waals surface area contributed by atoms with E-state index in [2.05, 4.69) is 54.7 Å². The average Bonchev–Trinajstić information content (AvgIpc) is 3.16. The van der Waals surface area contributed by atoms with Gasteiger partial charge in [-0.05, 0) is 31.5 Å². The summed E-state index contributed by atoms with van der Waals surface area (Å²) in [5.41, 5.74) is 10.8. The number of hydrazine groups is 1. The Morgan fingerprint density at radius 2 is 2.13 bits per heavy atom. The molecule has 0 bridgehead atoms. The number of benzene rings is 1. The van der Waals surface area contributed by atoms with E-state index in [1.54, 1.807) is 0 Å². The minimum atomic E-state index is -0.364. The molecule has 0 radical (unpaired) electrons. The lowest BCUT2D eigenvalue weighted by molar-refractivity contribution is 0.0748. The third kappa shape index (κ3) is 3.59. The summed E-state index contributed by atoms with van der Waals surface area (Å²) in [5.74, 6) is 0.475. The molecular formula is C18H29N3O2. The van der Waals surface area contributed by atoms with Crippen LogP contribution in [0.25, 0.3) is 0 Å². The van der Waals surface area contributed by atoms with Gasteiger partial charge >= 0.3 is 0 Å². The van der Waals surface area contributed by atoms with Crippen molar-refractivity contribution in [3.8, 4) is 0 Å². The third-order valence-corrected chi connectivity index (χ3v) is 5.23. The van der Waals surface area contributed by atoms with Crippen molar-refractivity contribution >= 4 is 0 Å². The first-order valence-corrected chi connectivity index (χ1v) is 8.65. The fraction of sp³-hybridized carbons (Fsp3) is 0.667. The van der Waals surface area contributed by atoms with E-state index >= 15 is 0 Å². The van der Waals surface area contributed by atoms with E-state index in [-0.39, 0.29) is 12.1 Å². The monoisotopic (exact) mass is 319 g/mol. The molecule has 1 aromatic carbocycles. The summed E-state index contributed by atoms with van der Waals surface area (Å²) in [6, 6.07) is 7.09. The van der Waals surface area contributed by atoms with Gasteiger partial charge in [-0.25, -0.2) is 5.43 Å². The Kier molecular flexibility index (Phi) is 5.34. The summed E-state index contributed by atoms with van der Waals surface area (Å²) in [6.45, 7) is 10.4. The maximum Gasteiger partial charge on any atom is 0.0950 e. The van der Waals surface area contributed by atoms with Gasteiger partial charge in [0.15, 0.2) is 0 Å². The van der Waals surface area contributed by atoms with Crippen molar-refractivity contribution in [2.24, 2.45) is 5.92 Å². The molecule has 0 aliphatic carbocycles. The molecule has 128 valence electrons. The van der Waals surface area contributed by atoms with Crippen molar-refractivity contribution in [2.45, 2.75) is 39.0 Å². The van der Waals surface area contributed by atoms with Gasteiger partial charge in [-0.3, -0.25) is 10.3 Å². The second-order valence-corrected chi connectivity index (χ2v) is 6.88. The molecule has 2 aliphatic rings. The lowest BCUT2D eigenvalue weighted by atomic mass is 9.90. The van der Waals surface area contributed by atoms with Crippen LogP contribution in [0, 0.1) is 19.8 Å². The fourth-order valence-electron chi connectivity index (χ4n) is 3.81. The number of hydrogen-bond donors (Lipinski definition) is 3. The van der Waals surface area contributed by atoms with Crippen molar-refractivity contribution in [3.63, 3.8) is 0 Å². The zero-order valence-electron chi connectivity index (χ0n) is 14.4. The van der Waals surface area contributed by atoms with E-state index in [1.165, 1.54) is 16.7 Å². The fourth-order valence-corrected chi connectivity index (χ4v) is 3.81. The van der Waals surface area contributed by atoms with Crippen molar-refractivity contribution in [1.29, 1.82) is 0 Å². The summed E-state index contributed by atoms with van der Waals surface area (Å²) in [6.07, 6.45) is -0.364. The van der Waals surface area contributed by atoms with Crippen LogP contribution in [-0.2, 0) is 4.74 Å². The molecule has 3 rings (SSSR count). The highest BCUT2D eigenvalue weighted by atomic mass is 16.5. The molecule has 0 aromatic heterocycles. The molecule has 0 amide bonds. The number of ether oxygens (including phenoxy) is 1. The largest absolute Gasteiger partial charge is 0.389 e. The summed E-state index contributed by atoms with van der Waals surface area (Å²) < 4.78 is 5.44. The van der Waals surface area contributed by atoms with Crippen LogP contribution in [0.4, 0.5) is 0 Å². The van der Waals surface area contributed by atoms with Gasteiger partial charge in [0, 0.05) is 19.0 Å². The molecule has 0 spiro atoms. The SMILES string of the molecule is CCN(CC1CNNC1c1cc(C)ccc1C)[C@@H]1COC[C@H]1O. The number of aryl methyl sites for hydroxylation is 2. The molecule has 2 unspecified atom stereocenters. The van der Waals surface area contributed by atoms with Crippen LogP contribution in [0.3, 0.4) is 0 Å². The van der Waals surface area contributed by atoms with Gasteiger partial charge < -0.3 is 9.84 Å². The maximum atomic E-state index is 10.1. The molecular weight excluding hydrogens is 290 g/mol. The quantitative estimate of drug-likeness (QED) is 0.760. The first-order valence-electron chi connectivity index (χ1n) is 8.65. The van der Waals surface area contributed by atoms with Crippen molar-refractivity contribution in [3.05, 3.63) is 34.9 Å². The van der Waals surface area contributed by atoms with Gasteiger partial charge in [-0.1, -0.05) is 30.7 Å². The van der Waals surface area contributed by atoms with E-state index in [1.807, 2.05) is 0 Å². The number of nitrogens with zero attached hydrogens (tertiary/aromatic N) is 1. The maximum absolute atomic E-state index is 10.1. The van der Waals surface area contributed by atoms with Crippen LogP contribution in [0.1, 0.15) is 29.7 Å². The molecule has 2 aliphatic heterocycles. The Morgan fingerprint density at radius 1 is 1.30 bits per heavy atom. The highest BCUT2D eigenvalue weighted by Crippen LogP contribution is 2.29. The van der Waals surface area contributed by atoms with E-state index in [0.29, 0.717) is 25.2 Å². The Labute approximate surface area is 139 Å². The number of rotatable bonds is 5. The first kappa shape index (κ1) is 16.9. The summed E-state index contributed by atoms with van der Waals surface area (Å²) in [7, 11) is 0. The van der Waals surface area contributed by atoms with Crippen LogP contribution < -0.4 is 10.9 Å². The topological polar surface area (TPSA) is 56.8 Å². The Bertz CT molecular complexity index is 537. The molecule has 2 heterocycles. The Morgan fingerprint density at radius 3 is 2.83 bits per heavy atom. The van der Waals surface area contributed by atoms with Crippen LogP contribution in [-0.4, -0.2) is 55.0 Å². The van der Waals surface area contributed by atoms with Gasteiger partial charge in [-0.15, -0.1) is 0 Å². The molecule has 5 heteroatoms. The normalized spacial score (nSPS) is 31.2. The molecule has 5 nitrogen and oxygen atoms in total. The summed E-state index contributed by atoms with van der Waals surface area (Å²) in [5, 5.41) is 10.1. The smallest absolute Gasteiger partial charge is 0.0950 e. The van der Waals surface area contributed by atoms with E-state index < -0.39 is 0 Å². The number of nitrogens with one attached hydrogen (secondary N) is 2. The van der Waals surface area contributed by atoms with Crippen molar-refractivity contribution in [1.82, 2.24) is 15.8 Å². The minimum absolute atomic E-state index is 0.125. The van der Waals surface area contributed by atoms with Gasteiger partial charge in [0.25, 0.3) is 0 Å². The van der Waals surface area contributed by atoms with Gasteiger partial charge in [-0.2, -0.15) is 0 Å². The molecule has 3 N–H and O–H groups in total. The second kappa shape index (κ2) is 7.28. The van der Waals surface area contributed by atoms with Crippen LogP contribution in [0.2, 0.25) is 0 Å². The molecule has 23 heavy (non-hydrogen) atoms. The summed E-state index contributed by atoms with van der Waals surface area (Å²) >= 11 is 0. The zero-order chi connectivity index (χ0) is 16.4. The van der Waals surface area contributed by atoms with Crippen molar-refractivity contribution in [2.75, 3.05) is 32.8 Å². The van der Waals surface area contributed by atoms with Gasteiger partial charge in [0.1, 0.15) is 0 Å². The predicted octanol–water partition coefficient (Wildman–Crippen LogP) is 1.15. The first-order chi connectivity index (χ1) is 11.1. The van der Waals surface area contributed by atoms with Crippen molar-refractivity contribution < 1.29 is 9.84 Å². The number of aliphatic hydroxyl groups excluding tert-OH is 1. The highest BCUT2D eigenvalue weighted by Gasteiger charge is 2.36. The van der Waals surface area contributed by atoms with Gasteiger partial charge in [0.2, 0.25) is 0 Å². The molecule has 2 saturated heterocycles. The van der Waals surface area contributed by atoms with Gasteiger partial charge in [0.05, 0.1) is 31.4 Å². The third-order valence-electron chi connectivity index (χ3n) is 5.23. The van der Waals surface area contributed by atoms with Crippen LogP contribution in [0.5, 0.6) is 0 Å². The molecule has 2 fully saturated rings.